The Morgan fingerprint density at radius 2 is 1.83 bits per heavy atom. The highest BCUT2D eigenvalue weighted by Crippen LogP contribution is 2.27. The second-order valence-corrected chi connectivity index (χ2v) is 5.77. The van der Waals surface area contributed by atoms with Crippen LogP contribution < -0.4 is 5.32 Å². The molecule has 0 bridgehead atoms. The number of carbonyl (C=O) groups excluding carboxylic acids is 2. The van der Waals surface area contributed by atoms with Gasteiger partial charge in [0.2, 0.25) is 0 Å². The highest BCUT2D eigenvalue weighted by Gasteiger charge is 2.16. The van der Waals surface area contributed by atoms with E-state index in [1.54, 1.807) is 45.9 Å². The van der Waals surface area contributed by atoms with E-state index in [9.17, 15) is 9.59 Å². The molecule has 0 unspecified atom stereocenters. The number of nitrogens with zero attached hydrogens (tertiary/aromatic N) is 1. The fourth-order valence-electron chi connectivity index (χ4n) is 1.64. The van der Waals surface area contributed by atoms with Crippen molar-refractivity contribution in [2.24, 2.45) is 0 Å². The zero-order valence-electron chi connectivity index (χ0n) is 13.9. The summed E-state index contributed by atoms with van der Waals surface area (Å²) in [4.78, 5) is 23.7. The molecule has 0 aliphatic rings. The third kappa shape index (κ3) is 5.60. The number of hydrogen-bond acceptors (Lipinski definition) is 6. The van der Waals surface area contributed by atoms with Crippen LogP contribution in [0.25, 0.3) is 0 Å². The first kappa shape index (κ1) is 19.5. The van der Waals surface area contributed by atoms with Gasteiger partial charge in [0.05, 0.1) is 28.5 Å². The number of ether oxygens (including phenoxy) is 2. The van der Waals surface area contributed by atoms with Gasteiger partial charge in [-0.25, -0.2) is 9.59 Å². The van der Waals surface area contributed by atoms with Gasteiger partial charge in [0, 0.05) is 6.20 Å². The Labute approximate surface area is 146 Å². The van der Waals surface area contributed by atoms with Crippen LogP contribution in [0.1, 0.15) is 38.1 Å². The van der Waals surface area contributed by atoms with E-state index >= 15 is 0 Å². The summed E-state index contributed by atoms with van der Waals surface area (Å²) >= 11 is 6.19. The van der Waals surface area contributed by atoms with Crippen LogP contribution in [0.4, 0.5) is 5.69 Å². The Kier molecular flexibility index (Phi) is 7.28. The van der Waals surface area contributed by atoms with Crippen molar-refractivity contribution < 1.29 is 19.1 Å². The van der Waals surface area contributed by atoms with E-state index in [2.05, 4.69) is 5.32 Å². The van der Waals surface area contributed by atoms with E-state index in [1.807, 2.05) is 0 Å². The van der Waals surface area contributed by atoms with Crippen molar-refractivity contribution in [2.45, 2.75) is 39.9 Å². The highest BCUT2D eigenvalue weighted by atomic mass is 35.5. The first-order valence-electron chi connectivity index (χ1n) is 7.33. The average Bonchev–Trinajstić information content (AvgIpc) is 2.47. The molecule has 1 rings (SSSR count). The molecule has 1 aromatic carbocycles. The number of nitriles is 1. The summed E-state index contributed by atoms with van der Waals surface area (Å²) in [5, 5.41) is 11.9. The largest absolute Gasteiger partial charge is 0.459 e. The summed E-state index contributed by atoms with van der Waals surface area (Å²) in [7, 11) is 0. The molecular formula is C17H19ClN2O4. The van der Waals surface area contributed by atoms with Gasteiger partial charge in [-0.15, -0.1) is 0 Å². The van der Waals surface area contributed by atoms with Gasteiger partial charge in [0.1, 0.15) is 6.07 Å². The second kappa shape index (κ2) is 8.94. The van der Waals surface area contributed by atoms with E-state index in [1.165, 1.54) is 12.3 Å². The molecule has 0 spiro atoms. The Morgan fingerprint density at radius 3 is 2.38 bits per heavy atom. The number of hydrogen-bond donors (Lipinski definition) is 1. The lowest BCUT2D eigenvalue weighted by Crippen LogP contribution is -2.14. The van der Waals surface area contributed by atoms with Crippen molar-refractivity contribution in [1.82, 2.24) is 0 Å². The minimum atomic E-state index is -0.744. The Hall–Kier alpha value is -2.52. The minimum absolute atomic E-state index is 0.133. The summed E-state index contributed by atoms with van der Waals surface area (Å²) in [6.07, 6.45) is 0.566. The maximum absolute atomic E-state index is 12.0. The quantitative estimate of drug-likeness (QED) is 0.478. The zero-order chi connectivity index (χ0) is 18.3. The van der Waals surface area contributed by atoms with Crippen molar-refractivity contribution in [2.75, 3.05) is 5.32 Å². The maximum atomic E-state index is 12.0. The number of rotatable bonds is 6. The van der Waals surface area contributed by atoms with Gasteiger partial charge in [0.25, 0.3) is 0 Å². The van der Waals surface area contributed by atoms with Crippen molar-refractivity contribution >= 4 is 29.2 Å². The number of halogens is 1. The molecule has 0 aliphatic carbocycles. The van der Waals surface area contributed by atoms with Crippen molar-refractivity contribution in [1.29, 1.82) is 5.26 Å². The zero-order valence-corrected chi connectivity index (χ0v) is 14.7. The van der Waals surface area contributed by atoms with E-state index in [0.29, 0.717) is 5.69 Å². The normalized spacial score (nSPS) is 11.2. The van der Waals surface area contributed by atoms with Crippen LogP contribution in [0.3, 0.4) is 0 Å². The first-order valence-corrected chi connectivity index (χ1v) is 7.71. The Morgan fingerprint density at radius 1 is 1.21 bits per heavy atom. The van der Waals surface area contributed by atoms with Gasteiger partial charge in [0.15, 0.2) is 5.57 Å². The van der Waals surface area contributed by atoms with Crippen molar-refractivity contribution in [3.63, 3.8) is 0 Å². The number of esters is 2. The van der Waals surface area contributed by atoms with Crippen LogP contribution in [-0.4, -0.2) is 24.1 Å². The number of benzene rings is 1. The smallest absolute Gasteiger partial charge is 0.350 e. The molecule has 0 fully saturated rings. The van der Waals surface area contributed by atoms with Gasteiger partial charge >= 0.3 is 11.9 Å². The molecule has 0 saturated carbocycles. The van der Waals surface area contributed by atoms with Crippen LogP contribution in [0.15, 0.2) is 30.0 Å². The predicted molar refractivity (Wildman–Crippen MR) is 90.6 cm³/mol. The summed E-state index contributed by atoms with van der Waals surface area (Å²) < 4.78 is 10.1. The first-order chi connectivity index (χ1) is 11.3. The van der Waals surface area contributed by atoms with Gasteiger partial charge in [-0.2, -0.15) is 5.26 Å². The lowest BCUT2D eigenvalue weighted by molar-refractivity contribution is -0.142. The molecule has 6 nitrogen and oxygen atoms in total. The van der Waals surface area contributed by atoms with Crippen LogP contribution in [0.5, 0.6) is 0 Å². The third-order valence-corrected chi connectivity index (χ3v) is 3.02. The van der Waals surface area contributed by atoms with Gasteiger partial charge < -0.3 is 14.8 Å². The molecule has 0 saturated heterocycles. The molecule has 128 valence electrons. The van der Waals surface area contributed by atoms with E-state index in [4.69, 9.17) is 26.3 Å². The number of anilines is 1. The summed E-state index contributed by atoms with van der Waals surface area (Å²) in [6.45, 7) is 6.83. The molecule has 24 heavy (non-hydrogen) atoms. The molecule has 0 radical (unpaired) electrons. The second-order valence-electron chi connectivity index (χ2n) is 5.39. The highest BCUT2D eigenvalue weighted by molar-refractivity contribution is 6.36. The van der Waals surface area contributed by atoms with Crippen LogP contribution in [0.2, 0.25) is 5.02 Å². The monoisotopic (exact) mass is 350 g/mol. The fourth-order valence-corrected chi connectivity index (χ4v) is 1.90. The molecule has 1 aromatic rings. The molecule has 7 heteroatoms. The molecular weight excluding hydrogens is 332 g/mol. The lowest BCUT2D eigenvalue weighted by atomic mass is 10.2. The van der Waals surface area contributed by atoms with Gasteiger partial charge in [-0.05, 0) is 39.8 Å². The third-order valence-electron chi connectivity index (χ3n) is 2.62. The Bertz CT molecular complexity index is 690. The van der Waals surface area contributed by atoms with E-state index in [0.717, 1.165) is 0 Å². The van der Waals surface area contributed by atoms with Crippen LogP contribution in [0, 0.1) is 11.3 Å². The SMILES string of the molecule is CC(C)OC(=O)C(C#N)=CNc1cccc(C(=O)OC(C)C)c1Cl. The van der Waals surface area contributed by atoms with E-state index in [-0.39, 0.29) is 28.4 Å². The van der Waals surface area contributed by atoms with Crippen molar-refractivity contribution in [3.05, 3.63) is 40.6 Å². The average molecular weight is 351 g/mol. The number of carbonyl (C=O) groups is 2. The number of nitrogens with one attached hydrogen (secondary N) is 1. The van der Waals surface area contributed by atoms with Gasteiger partial charge in [-0.3, -0.25) is 0 Å². The standard InChI is InChI=1S/C17H19ClN2O4/c1-10(2)23-16(21)12(8-19)9-20-14-7-5-6-13(15(14)18)17(22)24-11(3)4/h5-7,9-11,20H,1-4H3. The minimum Gasteiger partial charge on any atom is -0.459 e. The lowest BCUT2D eigenvalue weighted by Gasteiger charge is -2.12. The summed E-state index contributed by atoms with van der Waals surface area (Å²) in [6, 6.07) is 6.49. The van der Waals surface area contributed by atoms with Crippen molar-refractivity contribution in [3.8, 4) is 6.07 Å². The molecule has 1 N–H and O–H groups in total. The molecule has 0 heterocycles. The predicted octanol–water partition coefficient (Wildman–Crippen LogP) is 3.68. The molecule has 0 amide bonds. The van der Waals surface area contributed by atoms with E-state index < -0.39 is 11.9 Å². The molecule has 0 aliphatic heterocycles. The topological polar surface area (TPSA) is 88.4 Å². The van der Waals surface area contributed by atoms with Gasteiger partial charge in [-0.1, -0.05) is 17.7 Å². The Balaban J connectivity index is 3.00. The fraction of sp³-hybridized carbons (Fsp3) is 0.353. The molecule has 0 atom stereocenters. The molecule has 0 aromatic heterocycles. The summed E-state index contributed by atoms with van der Waals surface area (Å²) in [5.74, 6) is -1.30. The van der Waals surface area contributed by atoms with Crippen LogP contribution >= 0.6 is 11.6 Å². The van der Waals surface area contributed by atoms with Crippen LogP contribution in [-0.2, 0) is 14.3 Å². The maximum Gasteiger partial charge on any atom is 0.350 e. The summed E-state index contributed by atoms with van der Waals surface area (Å²) in [5.41, 5.74) is 0.335.